The highest BCUT2D eigenvalue weighted by molar-refractivity contribution is 7.89. The van der Waals surface area contributed by atoms with Crippen molar-refractivity contribution in [2.75, 3.05) is 20.6 Å². The molecule has 3 N–H and O–H groups in total. The Morgan fingerprint density at radius 2 is 2.09 bits per heavy atom. The third-order valence-electron chi connectivity index (χ3n) is 4.07. The molecule has 0 aromatic heterocycles. The highest BCUT2D eigenvalue weighted by Gasteiger charge is 2.30. The summed E-state index contributed by atoms with van der Waals surface area (Å²) in [6, 6.07) is 5.99. The number of carbonyl (C=O) groups excluding carboxylic acids is 1. The third kappa shape index (κ3) is 3.66. The fourth-order valence-corrected chi connectivity index (χ4v) is 4.18. The van der Waals surface area contributed by atoms with Gasteiger partial charge in [0.25, 0.3) is 5.91 Å². The Morgan fingerprint density at radius 3 is 2.73 bits per heavy atom. The van der Waals surface area contributed by atoms with Gasteiger partial charge in [-0.1, -0.05) is 12.5 Å². The molecule has 1 aromatic carbocycles. The van der Waals surface area contributed by atoms with E-state index in [2.05, 4.69) is 4.72 Å². The molecule has 2 atom stereocenters. The molecular formula is C15H23N3O3S. The lowest BCUT2D eigenvalue weighted by atomic mass is 10.1. The summed E-state index contributed by atoms with van der Waals surface area (Å²) >= 11 is 0. The standard InChI is InChI=1S/C15H23N3O3S/c1-18(2)15(19)11-5-3-7-13(9-11)22(20,21)17-14-8-4-6-12(14)10-16/h3,5,7,9,12,14,17H,4,6,8,10,16H2,1-2H3. The molecule has 0 radical (unpaired) electrons. The molecule has 6 nitrogen and oxygen atoms in total. The summed E-state index contributed by atoms with van der Waals surface area (Å²) in [5.74, 6) is -0.0425. The van der Waals surface area contributed by atoms with E-state index < -0.39 is 10.0 Å². The topological polar surface area (TPSA) is 92.5 Å². The van der Waals surface area contributed by atoms with Gasteiger partial charge in [0, 0.05) is 25.7 Å². The SMILES string of the molecule is CN(C)C(=O)c1cccc(S(=O)(=O)NC2CCCC2CN)c1. The van der Waals surface area contributed by atoms with E-state index in [0.29, 0.717) is 12.1 Å². The van der Waals surface area contributed by atoms with Crippen LogP contribution in [0.3, 0.4) is 0 Å². The van der Waals surface area contributed by atoms with Crippen molar-refractivity contribution in [1.82, 2.24) is 9.62 Å². The second-order valence-electron chi connectivity index (χ2n) is 5.88. The quantitative estimate of drug-likeness (QED) is 0.837. The number of sulfonamides is 1. The van der Waals surface area contributed by atoms with Crippen LogP contribution in [0.5, 0.6) is 0 Å². The second kappa shape index (κ2) is 6.76. The molecule has 7 heteroatoms. The highest BCUT2D eigenvalue weighted by Crippen LogP contribution is 2.26. The van der Waals surface area contributed by atoms with Gasteiger partial charge in [-0.2, -0.15) is 0 Å². The molecule has 1 aliphatic carbocycles. The van der Waals surface area contributed by atoms with Gasteiger partial charge in [-0.15, -0.1) is 0 Å². The third-order valence-corrected chi connectivity index (χ3v) is 5.55. The van der Waals surface area contributed by atoms with Crippen LogP contribution in [0.2, 0.25) is 0 Å². The van der Waals surface area contributed by atoms with Crippen LogP contribution in [-0.4, -0.2) is 45.9 Å². The minimum Gasteiger partial charge on any atom is -0.345 e. The van der Waals surface area contributed by atoms with Crippen molar-refractivity contribution in [3.63, 3.8) is 0 Å². The normalized spacial score (nSPS) is 21.8. The minimum absolute atomic E-state index is 0.114. The van der Waals surface area contributed by atoms with Crippen molar-refractivity contribution in [2.24, 2.45) is 11.7 Å². The van der Waals surface area contributed by atoms with Gasteiger partial charge in [0.2, 0.25) is 10.0 Å². The molecule has 1 amide bonds. The average molecular weight is 325 g/mol. The molecular weight excluding hydrogens is 302 g/mol. The van der Waals surface area contributed by atoms with E-state index in [0.717, 1.165) is 19.3 Å². The molecule has 1 saturated carbocycles. The van der Waals surface area contributed by atoms with Crippen LogP contribution < -0.4 is 10.5 Å². The lowest BCUT2D eigenvalue weighted by Gasteiger charge is -2.19. The van der Waals surface area contributed by atoms with Crippen LogP contribution in [-0.2, 0) is 10.0 Å². The fraction of sp³-hybridized carbons (Fsp3) is 0.533. The molecule has 122 valence electrons. The van der Waals surface area contributed by atoms with Gasteiger partial charge in [0.15, 0.2) is 0 Å². The fourth-order valence-electron chi connectivity index (χ4n) is 2.80. The second-order valence-corrected chi connectivity index (χ2v) is 7.60. The summed E-state index contributed by atoms with van der Waals surface area (Å²) in [4.78, 5) is 13.5. The van der Waals surface area contributed by atoms with Crippen LogP contribution in [0, 0.1) is 5.92 Å². The maximum absolute atomic E-state index is 12.5. The van der Waals surface area contributed by atoms with Crippen LogP contribution in [0.15, 0.2) is 29.2 Å². The summed E-state index contributed by atoms with van der Waals surface area (Å²) in [6.07, 6.45) is 2.73. The van der Waals surface area contributed by atoms with E-state index in [1.807, 2.05) is 0 Å². The van der Waals surface area contributed by atoms with Crippen molar-refractivity contribution >= 4 is 15.9 Å². The first-order chi connectivity index (χ1) is 10.3. The van der Waals surface area contributed by atoms with Gasteiger partial charge in [0.1, 0.15) is 0 Å². The molecule has 1 fully saturated rings. The Kier molecular flexibility index (Phi) is 5.20. The van der Waals surface area contributed by atoms with Gasteiger partial charge < -0.3 is 10.6 Å². The summed E-state index contributed by atoms with van der Waals surface area (Å²) in [7, 11) is -0.383. The van der Waals surface area contributed by atoms with Crippen LogP contribution in [0.1, 0.15) is 29.6 Å². The van der Waals surface area contributed by atoms with E-state index in [4.69, 9.17) is 5.73 Å². The number of nitrogens with two attached hydrogens (primary N) is 1. The van der Waals surface area contributed by atoms with E-state index >= 15 is 0 Å². The van der Waals surface area contributed by atoms with E-state index in [1.54, 1.807) is 26.2 Å². The van der Waals surface area contributed by atoms with Crippen LogP contribution in [0.4, 0.5) is 0 Å². The number of benzene rings is 1. The Bertz CT molecular complexity index is 643. The monoisotopic (exact) mass is 325 g/mol. The molecule has 2 rings (SSSR count). The van der Waals surface area contributed by atoms with Gasteiger partial charge in [-0.05, 0) is 43.5 Å². The summed E-state index contributed by atoms with van der Waals surface area (Å²) in [5.41, 5.74) is 6.05. The molecule has 22 heavy (non-hydrogen) atoms. The summed E-state index contributed by atoms with van der Waals surface area (Å²) in [5, 5.41) is 0. The zero-order chi connectivity index (χ0) is 16.3. The number of carbonyl (C=O) groups is 1. The lowest BCUT2D eigenvalue weighted by Crippen LogP contribution is -2.39. The first-order valence-corrected chi connectivity index (χ1v) is 8.87. The van der Waals surface area contributed by atoms with Crippen molar-refractivity contribution < 1.29 is 13.2 Å². The molecule has 0 aliphatic heterocycles. The summed E-state index contributed by atoms with van der Waals surface area (Å²) in [6.45, 7) is 0.479. The van der Waals surface area contributed by atoms with Crippen LogP contribution >= 0.6 is 0 Å². The smallest absolute Gasteiger partial charge is 0.253 e. The molecule has 0 saturated heterocycles. The van der Waals surface area contributed by atoms with Gasteiger partial charge in [-0.3, -0.25) is 4.79 Å². The largest absolute Gasteiger partial charge is 0.345 e. The molecule has 0 heterocycles. The zero-order valence-corrected chi connectivity index (χ0v) is 13.8. The predicted molar refractivity (Wildman–Crippen MR) is 85.0 cm³/mol. The van der Waals surface area contributed by atoms with E-state index in [-0.39, 0.29) is 22.8 Å². The maximum Gasteiger partial charge on any atom is 0.253 e. The Morgan fingerprint density at radius 1 is 1.36 bits per heavy atom. The minimum atomic E-state index is -3.64. The Hall–Kier alpha value is -1.44. The molecule has 1 aliphatic rings. The molecule has 0 bridgehead atoms. The first-order valence-electron chi connectivity index (χ1n) is 7.39. The number of hydrogen-bond acceptors (Lipinski definition) is 4. The van der Waals surface area contributed by atoms with Gasteiger partial charge in [0.05, 0.1) is 4.90 Å². The van der Waals surface area contributed by atoms with E-state index in [1.165, 1.54) is 17.0 Å². The maximum atomic E-state index is 12.5. The number of nitrogens with zero attached hydrogens (tertiary/aromatic N) is 1. The first kappa shape index (κ1) is 16.9. The predicted octanol–water partition coefficient (Wildman–Crippen LogP) is 0.794. The van der Waals surface area contributed by atoms with Crippen molar-refractivity contribution in [3.8, 4) is 0 Å². The average Bonchev–Trinajstić information content (AvgIpc) is 2.93. The number of nitrogens with one attached hydrogen (secondary N) is 1. The Balaban J connectivity index is 2.22. The number of amides is 1. The number of hydrogen-bond donors (Lipinski definition) is 2. The zero-order valence-electron chi connectivity index (χ0n) is 13.0. The van der Waals surface area contributed by atoms with E-state index in [9.17, 15) is 13.2 Å². The van der Waals surface area contributed by atoms with Crippen molar-refractivity contribution in [1.29, 1.82) is 0 Å². The Labute approximate surface area is 131 Å². The van der Waals surface area contributed by atoms with Crippen LogP contribution in [0.25, 0.3) is 0 Å². The highest BCUT2D eigenvalue weighted by atomic mass is 32.2. The lowest BCUT2D eigenvalue weighted by molar-refractivity contribution is 0.0827. The molecule has 1 aromatic rings. The molecule has 2 unspecified atom stereocenters. The summed E-state index contributed by atoms with van der Waals surface area (Å²) < 4.78 is 27.8. The van der Waals surface area contributed by atoms with Crippen molar-refractivity contribution in [3.05, 3.63) is 29.8 Å². The number of rotatable bonds is 5. The van der Waals surface area contributed by atoms with Gasteiger partial charge in [-0.25, -0.2) is 13.1 Å². The molecule has 0 spiro atoms. The van der Waals surface area contributed by atoms with Gasteiger partial charge >= 0.3 is 0 Å². The van der Waals surface area contributed by atoms with Crippen molar-refractivity contribution in [2.45, 2.75) is 30.2 Å².